The molecule has 2 aromatic rings. The van der Waals surface area contributed by atoms with Gasteiger partial charge in [0.15, 0.2) is 0 Å². The molecule has 0 radical (unpaired) electrons. The summed E-state index contributed by atoms with van der Waals surface area (Å²) in [5.41, 5.74) is 0.364. The lowest BCUT2D eigenvalue weighted by atomic mass is 9.96. The number of sulfonamides is 1. The quantitative estimate of drug-likeness (QED) is 0.871. The Hall–Kier alpha value is -1.90. The Morgan fingerprint density at radius 2 is 2.16 bits per heavy atom. The van der Waals surface area contributed by atoms with Crippen LogP contribution in [0.5, 0.6) is 5.75 Å². The Balaban J connectivity index is 1.87. The maximum absolute atomic E-state index is 12.9. The second kappa shape index (κ2) is 7.15. The highest BCUT2D eigenvalue weighted by atomic mass is 35.5. The number of aromatic nitrogens is 2. The minimum absolute atomic E-state index is 0.112. The number of benzene rings is 1. The van der Waals surface area contributed by atoms with Gasteiger partial charge in [0.25, 0.3) is 5.56 Å². The van der Waals surface area contributed by atoms with E-state index in [9.17, 15) is 13.2 Å². The lowest BCUT2D eigenvalue weighted by Gasteiger charge is -2.31. The predicted molar refractivity (Wildman–Crippen MR) is 93.6 cm³/mol. The molecule has 3 rings (SSSR count). The van der Waals surface area contributed by atoms with Gasteiger partial charge in [-0.3, -0.25) is 4.79 Å². The molecule has 1 fully saturated rings. The summed E-state index contributed by atoms with van der Waals surface area (Å²) >= 11 is 6.06. The highest BCUT2D eigenvalue weighted by Crippen LogP contribution is 2.32. The number of hydrogen-bond acceptors (Lipinski definition) is 5. The van der Waals surface area contributed by atoms with Crippen LogP contribution < -0.4 is 10.3 Å². The third kappa shape index (κ3) is 3.70. The van der Waals surface area contributed by atoms with E-state index in [1.54, 1.807) is 0 Å². The molecule has 0 saturated carbocycles. The zero-order valence-electron chi connectivity index (χ0n) is 13.6. The molecule has 0 bridgehead atoms. The number of methoxy groups -OCH3 is 1. The Morgan fingerprint density at radius 1 is 1.36 bits per heavy atom. The molecular weight excluding hydrogens is 366 g/mol. The number of halogens is 1. The molecule has 134 valence electrons. The molecule has 1 aliphatic rings. The van der Waals surface area contributed by atoms with Crippen molar-refractivity contribution >= 4 is 21.6 Å². The molecule has 1 aromatic heterocycles. The van der Waals surface area contributed by atoms with Gasteiger partial charge in [-0.2, -0.15) is 4.31 Å². The Kier molecular flexibility index (Phi) is 5.12. The Labute approximate surface area is 150 Å². The summed E-state index contributed by atoms with van der Waals surface area (Å²) in [6.45, 7) is 0.702. The van der Waals surface area contributed by atoms with Crippen LogP contribution in [0.3, 0.4) is 0 Å². The van der Waals surface area contributed by atoms with E-state index < -0.39 is 10.0 Å². The largest absolute Gasteiger partial charge is 0.495 e. The van der Waals surface area contributed by atoms with Crippen LogP contribution >= 0.6 is 11.6 Å². The number of ether oxygens (including phenoxy) is 1. The van der Waals surface area contributed by atoms with Crippen molar-refractivity contribution in [3.05, 3.63) is 51.7 Å². The topological polar surface area (TPSA) is 92.4 Å². The van der Waals surface area contributed by atoms with E-state index in [1.165, 1.54) is 42.0 Å². The van der Waals surface area contributed by atoms with E-state index in [0.29, 0.717) is 24.4 Å². The smallest absolute Gasteiger partial charge is 0.250 e. The molecule has 0 aliphatic carbocycles. The highest BCUT2D eigenvalue weighted by molar-refractivity contribution is 7.89. The van der Waals surface area contributed by atoms with Gasteiger partial charge in [0.1, 0.15) is 5.75 Å². The molecule has 1 N–H and O–H groups in total. The first kappa shape index (κ1) is 17.9. The van der Waals surface area contributed by atoms with Gasteiger partial charge in [0.05, 0.1) is 29.0 Å². The van der Waals surface area contributed by atoms with Gasteiger partial charge in [-0.1, -0.05) is 11.6 Å². The predicted octanol–water partition coefficient (Wildman–Crippen LogP) is 2.00. The molecule has 1 aromatic carbocycles. The van der Waals surface area contributed by atoms with Crippen LogP contribution in [0.4, 0.5) is 0 Å². The molecule has 25 heavy (non-hydrogen) atoms. The molecule has 1 unspecified atom stereocenters. The van der Waals surface area contributed by atoms with E-state index in [2.05, 4.69) is 9.97 Å². The lowest BCUT2D eigenvalue weighted by molar-refractivity contribution is 0.312. The van der Waals surface area contributed by atoms with Crippen molar-refractivity contribution in [2.45, 2.75) is 23.7 Å². The van der Waals surface area contributed by atoms with Gasteiger partial charge in [0.2, 0.25) is 10.0 Å². The number of aromatic amines is 1. The van der Waals surface area contributed by atoms with E-state index in [4.69, 9.17) is 16.3 Å². The van der Waals surface area contributed by atoms with Crippen molar-refractivity contribution in [3.63, 3.8) is 0 Å². The monoisotopic (exact) mass is 383 g/mol. The summed E-state index contributed by atoms with van der Waals surface area (Å²) in [4.78, 5) is 18.2. The third-order valence-corrected chi connectivity index (χ3v) is 6.42. The summed E-state index contributed by atoms with van der Waals surface area (Å²) in [6.07, 6.45) is 2.82. The van der Waals surface area contributed by atoms with E-state index in [0.717, 1.165) is 6.42 Å². The van der Waals surface area contributed by atoms with Crippen LogP contribution in [-0.4, -0.2) is 42.9 Å². The first-order valence-electron chi connectivity index (χ1n) is 7.80. The standard InChI is InChI=1S/C16H18ClN3O4S/c1-24-15-5-4-12(7-13(15)17)25(22,23)20-6-2-3-11(9-20)14-8-16(21)19-10-18-14/h4-5,7-8,10-11H,2-3,6,9H2,1H3,(H,18,19,21). The van der Waals surface area contributed by atoms with Crippen molar-refractivity contribution in [2.24, 2.45) is 0 Å². The second-order valence-electron chi connectivity index (χ2n) is 5.83. The lowest BCUT2D eigenvalue weighted by Crippen LogP contribution is -2.39. The Bertz CT molecular complexity index is 929. The molecule has 1 atom stereocenters. The van der Waals surface area contributed by atoms with Crippen molar-refractivity contribution in [3.8, 4) is 5.75 Å². The number of nitrogens with zero attached hydrogens (tertiary/aromatic N) is 2. The van der Waals surface area contributed by atoms with Gasteiger partial charge in [-0.25, -0.2) is 13.4 Å². The van der Waals surface area contributed by atoms with Gasteiger partial charge in [-0.05, 0) is 31.0 Å². The van der Waals surface area contributed by atoms with Gasteiger partial charge in [0, 0.05) is 25.1 Å². The molecule has 9 heteroatoms. The van der Waals surface area contributed by atoms with Crippen LogP contribution in [-0.2, 0) is 10.0 Å². The average molecular weight is 384 g/mol. The van der Waals surface area contributed by atoms with Crippen LogP contribution in [0.1, 0.15) is 24.5 Å². The average Bonchev–Trinajstić information content (AvgIpc) is 2.61. The zero-order valence-corrected chi connectivity index (χ0v) is 15.2. The number of rotatable bonds is 4. The van der Waals surface area contributed by atoms with Crippen LogP contribution in [0.2, 0.25) is 5.02 Å². The number of H-pyrrole nitrogens is 1. The van der Waals surface area contributed by atoms with Crippen LogP contribution in [0.15, 0.2) is 40.3 Å². The summed E-state index contributed by atoms with van der Waals surface area (Å²) in [6, 6.07) is 5.83. The van der Waals surface area contributed by atoms with E-state index in [-0.39, 0.29) is 27.9 Å². The normalized spacial score (nSPS) is 18.9. The second-order valence-corrected chi connectivity index (χ2v) is 8.18. The summed E-state index contributed by atoms with van der Waals surface area (Å²) in [5, 5.41) is 0.244. The van der Waals surface area contributed by atoms with Crippen LogP contribution in [0, 0.1) is 0 Å². The first-order chi connectivity index (χ1) is 11.9. The molecule has 0 amide bonds. The molecule has 1 aliphatic heterocycles. The van der Waals surface area contributed by atoms with Crippen LogP contribution in [0.25, 0.3) is 0 Å². The number of nitrogens with one attached hydrogen (secondary N) is 1. The fourth-order valence-corrected chi connectivity index (χ4v) is 4.84. The van der Waals surface area contributed by atoms with Gasteiger partial charge >= 0.3 is 0 Å². The summed E-state index contributed by atoms with van der Waals surface area (Å²) in [5.74, 6) is 0.310. The van der Waals surface area contributed by atoms with E-state index in [1.807, 2.05) is 0 Å². The van der Waals surface area contributed by atoms with Crippen molar-refractivity contribution in [1.29, 1.82) is 0 Å². The zero-order chi connectivity index (χ0) is 18.0. The summed E-state index contributed by atoms with van der Waals surface area (Å²) < 4.78 is 32.3. The number of piperidine rings is 1. The fourth-order valence-electron chi connectivity index (χ4n) is 2.97. The maximum atomic E-state index is 12.9. The SMILES string of the molecule is COc1ccc(S(=O)(=O)N2CCCC(c3cc(=O)[nH]cn3)C2)cc1Cl. The number of hydrogen-bond donors (Lipinski definition) is 1. The van der Waals surface area contributed by atoms with Crippen molar-refractivity contribution in [1.82, 2.24) is 14.3 Å². The fraction of sp³-hybridized carbons (Fsp3) is 0.375. The van der Waals surface area contributed by atoms with Crippen molar-refractivity contribution < 1.29 is 13.2 Å². The molecule has 2 heterocycles. The first-order valence-corrected chi connectivity index (χ1v) is 9.62. The third-order valence-electron chi connectivity index (χ3n) is 4.26. The van der Waals surface area contributed by atoms with Crippen molar-refractivity contribution in [2.75, 3.05) is 20.2 Å². The molecule has 0 spiro atoms. The van der Waals surface area contributed by atoms with E-state index >= 15 is 0 Å². The molecule has 7 nitrogen and oxygen atoms in total. The maximum Gasteiger partial charge on any atom is 0.250 e. The molecular formula is C16H18ClN3O4S. The minimum atomic E-state index is -3.68. The highest BCUT2D eigenvalue weighted by Gasteiger charge is 2.32. The molecule has 1 saturated heterocycles. The van der Waals surface area contributed by atoms with Gasteiger partial charge < -0.3 is 9.72 Å². The minimum Gasteiger partial charge on any atom is -0.495 e. The Morgan fingerprint density at radius 3 is 2.84 bits per heavy atom. The summed E-state index contributed by atoms with van der Waals surface area (Å²) in [7, 11) is -2.21. The van der Waals surface area contributed by atoms with Gasteiger partial charge in [-0.15, -0.1) is 0 Å².